The number of hydrogen-bond donors (Lipinski definition) is 1. The summed E-state index contributed by atoms with van der Waals surface area (Å²) in [6.45, 7) is 0.281. The van der Waals surface area contributed by atoms with Gasteiger partial charge in [0.05, 0.1) is 17.8 Å². The fourth-order valence-corrected chi connectivity index (χ4v) is 1.80. The van der Waals surface area contributed by atoms with E-state index in [9.17, 15) is 4.79 Å². The molecule has 0 amide bonds. The molecular formula is C11H10ClNO2. The van der Waals surface area contributed by atoms with Gasteiger partial charge in [-0.1, -0.05) is 11.6 Å². The van der Waals surface area contributed by atoms with Gasteiger partial charge in [0.1, 0.15) is 5.58 Å². The molecule has 0 spiro atoms. The first-order valence-corrected chi connectivity index (χ1v) is 4.95. The topological polar surface area (TPSA) is 42.2 Å². The van der Waals surface area contributed by atoms with Crippen LogP contribution in [0.25, 0.3) is 11.0 Å². The van der Waals surface area contributed by atoms with Crippen LogP contribution < -0.4 is 5.32 Å². The Morgan fingerprint density at radius 2 is 2.27 bits per heavy atom. The van der Waals surface area contributed by atoms with Crippen LogP contribution in [-0.2, 0) is 0 Å². The zero-order valence-electron chi connectivity index (χ0n) is 8.21. The quantitative estimate of drug-likeness (QED) is 0.813. The number of nitrogens with one attached hydrogen (secondary N) is 1. The Morgan fingerprint density at radius 1 is 1.47 bits per heavy atom. The molecule has 0 radical (unpaired) electrons. The Bertz CT molecular complexity index is 504. The van der Waals surface area contributed by atoms with E-state index in [2.05, 4.69) is 5.32 Å². The maximum absolute atomic E-state index is 11.7. The second kappa shape index (κ2) is 4.04. The third-order valence-corrected chi connectivity index (χ3v) is 2.61. The standard InChI is InChI=1S/C11H10ClNO2/c1-13-6-9(14)7-2-3-10-8(11(7)12)4-5-15-10/h2-5,13H,6H2,1H3. The maximum atomic E-state index is 11.7. The number of likely N-dealkylation sites (N-methyl/N-ethyl adjacent to an activating group) is 1. The number of ketones is 1. The summed E-state index contributed by atoms with van der Waals surface area (Å²) < 4.78 is 5.18. The number of hydrogen-bond acceptors (Lipinski definition) is 3. The summed E-state index contributed by atoms with van der Waals surface area (Å²) in [5, 5.41) is 4.04. The molecule has 0 unspecified atom stereocenters. The molecule has 15 heavy (non-hydrogen) atoms. The first-order chi connectivity index (χ1) is 7.24. The van der Waals surface area contributed by atoms with Crippen molar-refractivity contribution < 1.29 is 9.21 Å². The highest BCUT2D eigenvalue weighted by atomic mass is 35.5. The van der Waals surface area contributed by atoms with Crippen LogP contribution in [0.15, 0.2) is 28.9 Å². The molecule has 1 aromatic heterocycles. The van der Waals surface area contributed by atoms with E-state index in [0.717, 1.165) is 5.39 Å². The first kappa shape index (κ1) is 10.2. The van der Waals surface area contributed by atoms with Gasteiger partial charge in [0.2, 0.25) is 0 Å². The predicted molar refractivity (Wildman–Crippen MR) is 59.5 cm³/mol. The van der Waals surface area contributed by atoms with E-state index in [4.69, 9.17) is 16.0 Å². The summed E-state index contributed by atoms with van der Waals surface area (Å²) in [4.78, 5) is 11.7. The maximum Gasteiger partial charge on any atom is 0.178 e. The number of carbonyl (C=O) groups is 1. The van der Waals surface area contributed by atoms with Gasteiger partial charge in [0, 0.05) is 10.9 Å². The largest absolute Gasteiger partial charge is 0.464 e. The number of halogens is 1. The molecule has 1 heterocycles. The van der Waals surface area contributed by atoms with Crippen molar-refractivity contribution in [1.82, 2.24) is 5.32 Å². The molecule has 2 aromatic rings. The SMILES string of the molecule is CNCC(=O)c1ccc2occc2c1Cl. The third kappa shape index (κ3) is 1.76. The zero-order chi connectivity index (χ0) is 10.8. The van der Waals surface area contributed by atoms with Gasteiger partial charge in [-0.3, -0.25) is 4.79 Å². The molecule has 0 bridgehead atoms. The van der Waals surface area contributed by atoms with Gasteiger partial charge in [-0.2, -0.15) is 0 Å². The highest BCUT2D eigenvalue weighted by molar-refractivity contribution is 6.38. The van der Waals surface area contributed by atoms with Crippen LogP contribution in [0.4, 0.5) is 0 Å². The number of furan rings is 1. The van der Waals surface area contributed by atoms with Crippen molar-refractivity contribution in [2.75, 3.05) is 13.6 Å². The molecule has 1 N–H and O–H groups in total. The molecule has 0 fully saturated rings. The molecule has 0 saturated carbocycles. The predicted octanol–water partition coefficient (Wildman–Crippen LogP) is 2.49. The number of benzene rings is 1. The van der Waals surface area contributed by atoms with Crippen molar-refractivity contribution in [2.45, 2.75) is 0 Å². The van der Waals surface area contributed by atoms with Crippen molar-refractivity contribution in [3.63, 3.8) is 0 Å². The average Bonchev–Trinajstić information content (AvgIpc) is 2.67. The minimum atomic E-state index is -0.0226. The van der Waals surface area contributed by atoms with Crippen molar-refractivity contribution in [3.05, 3.63) is 35.0 Å². The van der Waals surface area contributed by atoms with E-state index in [-0.39, 0.29) is 12.3 Å². The summed E-state index contributed by atoms with van der Waals surface area (Å²) in [6.07, 6.45) is 1.56. The Kier molecular flexibility index (Phi) is 2.75. The van der Waals surface area contributed by atoms with E-state index in [1.807, 2.05) is 0 Å². The monoisotopic (exact) mass is 223 g/mol. The van der Waals surface area contributed by atoms with E-state index in [0.29, 0.717) is 16.2 Å². The van der Waals surface area contributed by atoms with Crippen molar-refractivity contribution in [1.29, 1.82) is 0 Å². The highest BCUT2D eigenvalue weighted by Crippen LogP contribution is 2.28. The van der Waals surface area contributed by atoms with Crippen LogP contribution in [0.3, 0.4) is 0 Å². The van der Waals surface area contributed by atoms with E-state index in [1.165, 1.54) is 0 Å². The summed E-state index contributed by atoms with van der Waals surface area (Å²) in [7, 11) is 1.72. The Hall–Kier alpha value is -1.32. The zero-order valence-corrected chi connectivity index (χ0v) is 8.97. The highest BCUT2D eigenvalue weighted by Gasteiger charge is 2.13. The van der Waals surface area contributed by atoms with Gasteiger partial charge < -0.3 is 9.73 Å². The number of fused-ring (bicyclic) bond motifs is 1. The lowest BCUT2D eigenvalue weighted by Crippen LogP contribution is -2.18. The lowest BCUT2D eigenvalue weighted by molar-refractivity contribution is 0.0994. The van der Waals surface area contributed by atoms with E-state index in [1.54, 1.807) is 31.5 Å². The minimum absolute atomic E-state index is 0.0226. The van der Waals surface area contributed by atoms with E-state index < -0.39 is 0 Å². The fraction of sp³-hybridized carbons (Fsp3) is 0.182. The smallest absolute Gasteiger partial charge is 0.178 e. The van der Waals surface area contributed by atoms with Gasteiger partial charge in [-0.25, -0.2) is 0 Å². The molecule has 2 rings (SSSR count). The van der Waals surface area contributed by atoms with E-state index >= 15 is 0 Å². The number of Topliss-reactive ketones (excluding diaryl/α,β-unsaturated/α-hetero) is 1. The fourth-order valence-electron chi connectivity index (χ4n) is 1.48. The molecular weight excluding hydrogens is 214 g/mol. The lowest BCUT2D eigenvalue weighted by atomic mass is 10.1. The third-order valence-electron chi connectivity index (χ3n) is 2.21. The van der Waals surface area contributed by atoms with Crippen LogP contribution >= 0.6 is 11.6 Å². The first-order valence-electron chi connectivity index (χ1n) is 4.57. The van der Waals surface area contributed by atoms with Gasteiger partial charge in [-0.05, 0) is 25.2 Å². The molecule has 0 aliphatic rings. The molecule has 4 heteroatoms. The molecule has 0 atom stereocenters. The molecule has 78 valence electrons. The molecule has 3 nitrogen and oxygen atoms in total. The van der Waals surface area contributed by atoms with Gasteiger partial charge in [0.15, 0.2) is 5.78 Å². The second-order valence-corrected chi connectivity index (χ2v) is 3.59. The van der Waals surface area contributed by atoms with Crippen LogP contribution in [0.5, 0.6) is 0 Å². The van der Waals surface area contributed by atoms with Gasteiger partial charge in [0.25, 0.3) is 0 Å². The molecule has 0 aliphatic carbocycles. The van der Waals surface area contributed by atoms with Gasteiger partial charge >= 0.3 is 0 Å². The minimum Gasteiger partial charge on any atom is -0.464 e. The lowest BCUT2D eigenvalue weighted by Gasteiger charge is -2.03. The van der Waals surface area contributed by atoms with Crippen molar-refractivity contribution in [3.8, 4) is 0 Å². The summed E-state index contributed by atoms with van der Waals surface area (Å²) in [6, 6.07) is 5.20. The van der Waals surface area contributed by atoms with Gasteiger partial charge in [-0.15, -0.1) is 0 Å². The van der Waals surface area contributed by atoms with Crippen LogP contribution in [0.1, 0.15) is 10.4 Å². The summed E-state index contributed by atoms with van der Waals surface area (Å²) in [5.74, 6) is -0.0226. The molecule has 0 aliphatic heterocycles. The summed E-state index contributed by atoms with van der Waals surface area (Å²) in [5.41, 5.74) is 1.22. The van der Waals surface area contributed by atoms with Crippen LogP contribution in [-0.4, -0.2) is 19.4 Å². The Morgan fingerprint density at radius 3 is 3.00 bits per heavy atom. The number of rotatable bonds is 3. The average molecular weight is 224 g/mol. The Balaban J connectivity index is 2.52. The molecule has 1 aromatic carbocycles. The Labute approximate surface area is 92.0 Å². The van der Waals surface area contributed by atoms with Crippen LogP contribution in [0.2, 0.25) is 5.02 Å². The van der Waals surface area contributed by atoms with Crippen molar-refractivity contribution >= 4 is 28.4 Å². The normalized spacial score (nSPS) is 10.8. The van der Waals surface area contributed by atoms with Crippen LogP contribution in [0, 0.1) is 0 Å². The summed E-state index contributed by atoms with van der Waals surface area (Å²) >= 11 is 6.10. The second-order valence-electron chi connectivity index (χ2n) is 3.21. The number of carbonyl (C=O) groups excluding carboxylic acids is 1. The van der Waals surface area contributed by atoms with Crippen molar-refractivity contribution in [2.24, 2.45) is 0 Å². The molecule has 0 saturated heterocycles.